The van der Waals surface area contributed by atoms with Crippen LogP contribution in [0.1, 0.15) is 31.9 Å². The molecule has 2 aromatic heterocycles. The van der Waals surface area contributed by atoms with E-state index in [0.717, 1.165) is 23.5 Å². The molecule has 3 rings (SSSR count). The molecule has 0 aromatic carbocycles. The van der Waals surface area contributed by atoms with Gasteiger partial charge in [-0.15, -0.1) is 0 Å². The predicted molar refractivity (Wildman–Crippen MR) is 96.1 cm³/mol. The monoisotopic (exact) mass is 359 g/mol. The van der Waals surface area contributed by atoms with Crippen molar-refractivity contribution in [1.82, 2.24) is 25.4 Å². The number of β-amino-alcohol motifs (C(OH)–C–C–N with tert-alkyl or cyclic N) is 1. The van der Waals surface area contributed by atoms with Gasteiger partial charge < -0.3 is 20.8 Å². The quantitative estimate of drug-likeness (QED) is 0.587. The third-order valence-electron chi connectivity index (χ3n) is 4.63. The van der Waals surface area contributed by atoms with E-state index in [0.29, 0.717) is 13.0 Å². The number of amides is 1. The molecule has 140 valence electrons. The molecular formula is C18H25N5O3. The number of rotatable bonds is 6. The zero-order valence-electron chi connectivity index (χ0n) is 15.0. The summed E-state index contributed by atoms with van der Waals surface area (Å²) < 4.78 is 1.85. The van der Waals surface area contributed by atoms with Crippen LogP contribution in [0.15, 0.2) is 30.6 Å². The summed E-state index contributed by atoms with van der Waals surface area (Å²) in [5.74, 6) is -0.236. The Hall–Kier alpha value is -2.29. The summed E-state index contributed by atoms with van der Waals surface area (Å²) in [6.07, 6.45) is 2.48. The molecule has 1 aliphatic rings. The summed E-state index contributed by atoms with van der Waals surface area (Å²) in [6, 6.07) is 4.59. The second-order valence-electron chi connectivity index (χ2n) is 6.59. The van der Waals surface area contributed by atoms with Gasteiger partial charge in [0.2, 0.25) is 5.91 Å². The number of hydrogen-bond acceptors (Lipinski definition) is 6. The number of aliphatic hydroxyl groups is 2. The standard InChI is InChI=1S/C18H25N5O3/c1-3-23-16(6-7-21-23)14-5-4-12(9-19-14)17(11(2)24)22-18(26)15-8-13(25)10-20-15/h4-7,9,11,13,15,17,20,24-25H,3,8,10H2,1-2H3,(H,22,26)/t11-,13?,15?,17-/m0/s1. The van der Waals surface area contributed by atoms with Crippen LogP contribution in [0.2, 0.25) is 0 Å². The summed E-state index contributed by atoms with van der Waals surface area (Å²) in [7, 11) is 0. The highest BCUT2D eigenvalue weighted by molar-refractivity contribution is 5.82. The first kappa shape index (κ1) is 18.5. The van der Waals surface area contributed by atoms with Gasteiger partial charge in [0.1, 0.15) is 0 Å². The first-order chi connectivity index (χ1) is 12.5. The molecule has 0 aliphatic carbocycles. The molecule has 1 amide bonds. The van der Waals surface area contributed by atoms with E-state index < -0.39 is 24.3 Å². The highest BCUT2D eigenvalue weighted by Gasteiger charge is 2.30. The Morgan fingerprint density at radius 1 is 1.46 bits per heavy atom. The maximum atomic E-state index is 12.4. The van der Waals surface area contributed by atoms with E-state index in [9.17, 15) is 15.0 Å². The number of carbonyl (C=O) groups excluding carboxylic acids is 1. The smallest absolute Gasteiger partial charge is 0.237 e. The van der Waals surface area contributed by atoms with E-state index in [-0.39, 0.29) is 5.91 Å². The lowest BCUT2D eigenvalue weighted by atomic mass is 10.0. The van der Waals surface area contributed by atoms with Crippen molar-refractivity contribution in [3.05, 3.63) is 36.2 Å². The minimum Gasteiger partial charge on any atom is -0.392 e. The van der Waals surface area contributed by atoms with Crippen LogP contribution in [0, 0.1) is 0 Å². The van der Waals surface area contributed by atoms with Crippen molar-refractivity contribution in [1.29, 1.82) is 0 Å². The molecule has 2 aromatic rings. The number of hydrogen-bond donors (Lipinski definition) is 4. The average molecular weight is 359 g/mol. The zero-order valence-corrected chi connectivity index (χ0v) is 15.0. The molecule has 26 heavy (non-hydrogen) atoms. The van der Waals surface area contributed by atoms with Gasteiger partial charge in [-0.1, -0.05) is 6.07 Å². The molecular weight excluding hydrogens is 334 g/mol. The van der Waals surface area contributed by atoms with Crippen LogP contribution in [0.3, 0.4) is 0 Å². The second kappa shape index (κ2) is 7.94. The highest BCUT2D eigenvalue weighted by Crippen LogP contribution is 2.22. The first-order valence-corrected chi connectivity index (χ1v) is 8.87. The number of aryl methyl sites for hydroxylation is 1. The molecule has 3 heterocycles. The van der Waals surface area contributed by atoms with Crippen molar-refractivity contribution in [3.8, 4) is 11.4 Å². The van der Waals surface area contributed by atoms with Gasteiger partial charge in [-0.3, -0.25) is 14.5 Å². The maximum absolute atomic E-state index is 12.4. The third-order valence-corrected chi connectivity index (χ3v) is 4.63. The molecule has 8 nitrogen and oxygen atoms in total. The number of nitrogens with zero attached hydrogens (tertiary/aromatic N) is 3. The lowest BCUT2D eigenvalue weighted by Gasteiger charge is -2.23. The van der Waals surface area contributed by atoms with Gasteiger partial charge in [0.15, 0.2) is 0 Å². The number of aliphatic hydroxyl groups excluding tert-OH is 2. The topological polar surface area (TPSA) is 112 Å². The largest absolute Gasteiger partial charge is 0.392 e. The van der Waals surface area contributed by atoms with Crippen molar-refractivity contribution in [2.45, 2.75) is 51.1 Å². The Kier molecular flexibility index (Phi) is 5.65. The van der Waals surface area contributed by atoms with E-state index in [1.165, 1.54) is 0 Å². The average Bonchev–Trinajstić information content (AvgIpc) is 3.28. The molecule has 4 N–H and O–H groups in total. The van der Waals surface area contributed by atoms with E-state index in [1.54, 1.807) is 19.3 Å². The molecule has 4 atom stereocenters. The summed E-state index contributed by atoms with van der Waals surface area (Å²) in [5, 5.41) is 29.7. The lowest BCUT2D eigenvalue weighted by Crippen LogP contribution is -2.44. The number of pyridine rings is 1. The van der Waals surface area contributed by atoms with Crippen LogP contribution < -0.4 is 10.6 Å². The molecule has 0 radical (unpaired) electrons. The molecule has 2 unspecified atom stereocenters. The predicted octanol–water partition coefficient (Wildman–Crippen LogP) is 0.226. The third kappa shape index (κ3) is 3.92. The number of aromatic nitrogens is 3. The fourth-order valence-corrected chi connectivity index (χ4v) is 3.20. The fourth-order valence-electron chi connectivity index (χ4n) is 3.20. The van der Waals surface area contributed by atoms with Gasteiger partial charge in [-0.05, 0) is 38.0 Å². The molecule has 0 bridgehead atoms. The molecule has 1 saturated heterocycles. The van der Waals surface area contributed by atoms with Crippen LogP contribution in [0.25, 0.3) is 11.4 Å². The van der Waals surface area contributed by atoms with Crippen LogP contribution in [-0.4, -0.2) is 55.7 Å². The van der Waals surface area contributed by atoms with Crippen molar-refractivity contribution >= 4 is 5.91 Å². The minimum absolute atomic E-state index is 0.236. The van der Waals surface area contributed by atoms with Crippen LogP contribution in [-0.2, 0) is 11.3 Å². The Morgan fingerprint density at radius 2 is 2.27 bits per heavy atom. The Morgan fingerprint density at radius 3 is 2.85 bits per heavy atom. The summed E-state index contributed by atoms with van der Waals surface area (Å²) in [4.78, 5) is 16.9. The summed E-state index contributed by atoms with van der Waals surface area (Å²) >= 11 is 0. The zero-order chi connectivity index (χ0) is 18.7. The van der Waals surface area contributed by atoms with E-state index in [2.05, 4.69) is 20.7 Å². The molecule has 0 saturated carbocycles. The Labute approximate surface area is 152 Å². The lowest BCUT2D eigenvalue weighted by molar-refractivity contribution is -0.124. The summed E-state index contributed by atoms with van der Waals surface area (Å²) in [5.41, 5.74) is 2.42. The minimum atomic E-state index is -0.779. The number of carbonyl (C=O) groups is 1. The van der Waals surface area contributed by atoms with Gasteiger partial charge in [0.05, 0.1) is 35.7 Å². The van der Waals surface area contributed by atoms with E-state index >= 15 is 0 Å². The number of nitrogens with one attached hydrogen (secondary N) is 2. The van der Waals surface area contributed by atoms with Gasteiger partial charge in [-0.25, -0.2) is 0 Å². The molecule has 1 fully saturated rings. The Balaban J connectivity index is 1.75. The molecule has 0 spiro atoms. The normalized spacial score (nSPS) is 22.2. The fraction of sp³-hybridized carbons (Fsp3) is 0.500. The van der Waals surface area contributed by atoms with Gasteiger partial charge >= 0.3 is 0 Å². The Bertz CT molecular complexity index is 744. The van der Waals surface area contributed by atoms with Crippen molar-refractivity contribution in [2.24, 2.45) is 0 Å². The highest BCUT2D eigenvalue weighted by atomic mass is 16.3. The van der Waals surface area contributed by atoms with Gasteiger partial charge in [0, 0.05) is 25.5 Å². The van der Waals surface area contributed by atoms with E-state index in [4.69, 9.17) is 0 Å². The van der Waals surface area contributed by atoms with Gasteiger partial charge in [-0.2, -0.15) is 5.10 Å². The van der Waals surface area contributed by atoms with Crippen LogP contribution in [0.5, 0.6) is 0 Å². The van der Waals surface area contributed by atoms with Gasteiger partial charge in [0.25, 0.3) is 0 Å². The van der Waals surface area contributed by atoms with E-state index in [1.807, 2.05) is 29.8 Å². The SMILES string of the molecule is CCn1nccc1-c1ccc([C@@H](NC(=O)C2CC(O)CN2)[C@H](C)O)cn1. The van der Waals surface area contributed by atoms with Crippen LogP contribution >= 0.6 is 0 Å². The van der Waals surface area contributed by atoms with Crippen molar-refractivity contribution in [3.63, 3.8) is 0 Å². The second-order valence-corrected chi connectivity index (χ2v) is 6.59. The molecule has 1 aliphatic heterocycles. The van der Waals surface area contributed by atoms with Crippen LogP contribution in [0.4, 0.5) is 0 Å². The van der Waals surface area contributed by atoms with Crippen molar-refractivity contribution in [2.75, 3.05) is 6.54 Å². The maximum Gasteiger partial charge on any atom is 0.237 e. The first-order valence-electron chi connectivity index (χ1n) is 8.87. The summed E-state index contributed by atoms with van der Waals surface area (Å²) in [6.45, 7) is 4.79. The molecule has 8 heteroatoms. The van der Waals surface area contributed by atoms with Crippen molar-refractivity contribution < 1.29 is 15.0 Å².